The monoisotopic (exact) mass is 676 g/mol. The molecule has 0 saturated carbocycles. The molecule has 8 aromatic carbocycles. The van der Waals surface area contributed by atoms with Crippen LogP contribution in [0.3, 0.4) is 0 Å². The van der Waals surface area contributed by atoms with Crippen LogP contribution in [-0.2, 0) is 5.41 Å². The van der Waals surface area contributed by atoms with Gasteiger partial charge >= 0.3 is 0 Å². The van der Waals surface area contributed by atoms with Crippen LogP contribution in [0, 0.1) is 0 Å². The minimum Gasteiger partial charge on any atom is -0.309 e. The molecule has 10 aromatic rings. The van der Waals surface area contributed by atoms with E-state index in [1.807, 2.05) is 0 Å². The van der Waals surface area contributed by atoms with E-state index in [2.05, 4.69) is 205 Å². The van der Waals surface area contributed by atoms with E-state index in [0.717, 1.165) is 11.4 Å². The highest BCUT2D eigenvalue weighted by atomic mass is 15.0. The van der Waals surface area contributed by atoms with Gasteiger partial charge in [0.05, 0.1) is 22.1 Å². The number of nitrogens with zero attached hydrogens (tertiary/aromatic N) is 2. The van der Waals surface area contributed by atoms with Crippen LogP contribution in [0.5, 0.6) is 0 Å². The molecule has 11 rings (SSSR count). The first-order chi connectivity index (χ1) is 26.0. The second-order valence-corrected chi connectivity index (χ2v) is 15.0. The predicted octanol–water partition coefficient (Wildman–Crippen LogP) is 13.5. The van der Waals surface area contributed by atoms with Crippen molar-refractivity contribution in [2.75, 3.05) is 0 Å². The van der Waals surface area contributed by atoms with E-state index >= 15 is 0 Å². The molecule has 0 saturated heterocycles. The molecule has 250 valence electrons. The van der Waals surface area contributed by atoms with Crippen LogP contribution in [0.1, 0.15) is 25.0 Å². The molecular formula is C51H36N2. The highest BCUT2D eigenvalue weighted by molar-refractivity contribution is 6.19. The molecule has 2 heteroatoms. The number of rotatable bonds is 4. The number of aromatic nitrogens is 2. The smallest absolute Gasteiger partial charge is 0.0548 e. The van der Waals surface area contributed by atoms with Crippen LogP contribution < -0.4 is 0 Å². The number of para-hydroxylation sites is 2. The average Bonchev–Trinajstić information content (AvgIpc) is 3.80. The van der Waals surface area contributed by atoms with E-state index in [-0.39, 0.29) is 5.41 Å². The Morgan fingerprint density at radius 3 is 1.45 bits per heavy atom. The Kier molecular flexibility index (Phi) is 6.33. The molecule has 0 N–H and O–H groups in total. The maximum absolute atomic E-state index is 2.46. The summed E-state index contributed by atoms with van der Waals surface area (Å²) in [4.78, 5) is 0. The van der Waals surface area contributed by atoms with E-state index in [1.54, 1.807) is 0 Å². The van der Waals surface area contributed by atoms with Gasteiger partial charge in [0, 0.05) is 38.3 Å². The molecule has 0 unspecified atom stereocenters. The van der Waals surface area contributed by atoms with E-state index in [1.165, 1.54) is 88.1 Å². The number of hydrogen-bond acceptors (Lipinski definition) is 0. The van der Waals surface area contributed by atoms with Gasteiger partial charge in [-0.2, -0.15) is 0 Å². The van der Waals surface area contributed by atoms with Gasteiger partial charge in [-0.25, -0.2) is 0 Å². The van der Waals surface area contributed by atoms with Crippen molar-refractivity contribution in [3.63, 3.8) is 0 Å². The highest BCUT2D eigenvalue weighted by Gasteiger charge is 2.35. The summed E-state index contributed by atoms with van der Waals surface area (Å²) in [7, 11) is 0. The molecule has 0 atom stereocenters. The maximum atomic E-state index is 2.46. The van der Waals surface area contributed by atoms with Crippen molar-refractivity contribution in [1.29, 1.82) is 0 Å². The molecule has 0 aliphatic heterocycles. The van der Waals surface area contributed by atoms with Crippen LogP contribution in [0.2, 0.25) is 0 Å². The lowest BCUT2D eigenvalue weighted by molar-refractivity contribution is 0.660. The summed E-state index contributed by atoms with van der Waals surface area (Å²) < 4.78 is 4.90. The zero-order valence-electron chi connectivity index (χ0n) is 29.7. The van der Waals surface area contributed by atoms with Gasteiger partial charge in [-0.1, -0.05) is 141 Å². The average molecular weight is 677 g/mol. The summed E-state index contributed by atoms with van der Waals surface area (Å²) in [6, 6.07) is 67.1. The van der Waals surface area contributed by atoms with Crippen LogP contribution in [-0.4, -0.2) is 9.13 Å². The Morgan fingerprint density at radius 2 is 0.811 bits per heavy atom. The van der Waals surface area contributed by atoms with Gasteiger partial charge in [0.15, 0.2) is 0 Å². The fraction of sp³-hybridized carbons (Fsp3) is 0.0588. The molecule has 2 nitrogen and oxygen atoms in total. The van der Waals surface area contributed by atoms with Crippen molar-refractivity contribution in [3.05, 3.63) is 193 Å². The maximum Gasteiger partial charge on any atom is 0.0548 e. The number of fused-ring (bicyclic) bond motifs is 9. The topological polar surface area (TPSA) is 9.86 Å². The minimum atomic E-state index is -0.0419. The fourth-order valence-electron chi connectivity index (χ4n) is 9.15. The summed E-state index contributed by atoms with van der Waals surface area (Å²) in [5, 5.41) is 5.00. The first kappa shape index (κ1) is 30.0. The predicted molar refractivity (Wildman–Crippen MR) is 224 cm³/mol. The van der Waals surface area contributed by atoms with Crippen LogP contribution in [0.15, 0.2) is 182 Å². The molecule has 0 spiro atoms. The third-order valence-corrected chi connectivity index (χ3v) is 11.7. The van der Waals surface area contributed by atoms with Crippen molar-refractivity contribution in [2.45, 2.75) is 19.3 Å². The lowest BCUT2D eigenvalue weighted by Gasteiger charge is -2.22. The summed E-state index contributed by atoms with van der Waals surface area (Å²) in [5.74, 6) is 0. The van der Waals surface area contributed by atoms with Crippen LogP contribution in [0.25, 0.3) is 88.4 Å². The lowest BCUT2D eigenvalue weighted by atomic mass is 9.81. The molecule has 0 fully saturated rings. The van der Waals surface area contributed by atoms with E-state index < -0.39 is 0 Å². The van der Waals surface area contributed by atoms with Crippen molar-refractivity contribution in [2.24, 2.45) is 0 Å². The molecule has 0 bridgehead atoms. The van der Waals surface area contributed by atoms with Gasteiger partial charge in [-0.05, 0) is 99.1 Å². The van der Waals surface area contributed by atoms with Crippen molar-refractivity contribution < 1.29 is 0 Å². The first-order valence-electron chi connectivity index (χ1n) is 18.5. The molecular weight excluding hydrogens is 641 g/mol. The normalized spacial score (nSPS) is 13.2. The summed E-state index contributed by atoms with van der Waals surface area (Å²) >= 11 is 0. The first-order valence-corrected chi connectivity index (χ1v) is 18.5. The molecule has 2 aromatic heterocycles. The standard InChI is InChI=1S/C51H36N2/c1-51(2)45-23-9-6-20-39(45)40-27-26-36(30-46(40)51)35-17-13-19-38(29-35)53-48-25-11-8-22-42(48)44-31-49-43(32-50(44)53)41-21-7-10-24-47(41)52(49)37-18-12-16-34(28-37)33-14-4-3-5-15-33/h3-32H,1-2H3. The van der Waals surface area contributed by atoms with Gasteiger partial charge in [-0.3, -0.25) is 0 Å². The van der Waals surface area contributed by atoms with Gasteiger partial charge < -0.3 is 9.13 Å². The van der Waals surface area contributed by atoms with Gasteiger partial charge in [0.2, 0.25) is 0 Å². The number of hydrogen-bond donors (Lipinski definition) is 0. The molecule has 0 amide bonds. The number of benzene rings is 8. The third-order valence-electron chi connectivity index (χ3n) is 11.7. The molecule has 53 heavy (non-hydrogen) atoms. The summed E-state index contributed by atoms with van der Waals surface area (Å²) in [6.07, 6.45) is 0. The Balaban J connectivity index is 1.11. The van der Waals surface area contributed by atoms with Crippen LogP contribution in [0.4, 0.5) is 0 Å². The Bertz CT molecular complexity index is 3080. The van der Waals surface area contributed by atoms with Crippen LogP contribution >= 0.6 is 0 Å². The fourth-order valence-corrected chi connectivity index (χ4v) is 9.15. The van der Waals surface area contributed by atoms with Crippen molar-refractivity contribution in [1.82, 2.24) is 9.13 Å². The van der Waals surface area contributed by atoms with E-state index in [9.17, 15) is 0 Å². The zero-order chi connectivity index (χ0) is 35.3. The second kappa shape index (κ2) is 11.2. The van der Waals surface area contributed by atoms with Crippen molar-refractivity contribution >= 4 is 43.6 Å². The molecule has 1 aliphatic rings. The van der Waals surface area contributed by atoms with Crippen molar-refractivity contribution in [3.8, 4) is 44.8 Å². The lowest BCUT2D eigenvalue weighted by Crippen LogP contribution is -2.14. The Labute approximate surface area is 308 Å². The Morgan fingerprint density at radius 1 is 0.321 bits per heavy atom. The van der Waals surface area contributed by atoms with Gasteiger partial charge in [-0.15, -0.1) is 0 Å². The highest BCUT2D eigenvalue weighted by Crippen LogP contribution is 2.49. The zero-order valence-corrected chi connectivity index (χ0v) is 29.7. The SMILES string of the molecule is CC1(C)c2ccccc2-c2ccc(-c3cccc(-n4c5ccccc5c5cc6c(cc54)c4ccccc4n6-c4cccc(-c5ccccc5)c4)c3)cc21. The van der Waals surface area contributed by atoms with Gasteiger partial charge in [0.25, 0.3) is 0 Å². The molecule has 2 heterocycles. The second-order valence-electron chi connectivity index (χ2n) is 15.0. The summed E-state index contributed by atoms with van der Waals surface area (Å²) in [5.41, 5.74) is 17.5. The molecule has 0 radical (unpaired) electrons. The minimum absolute atomic E-state index is 0.0419. The van der Waals surface area contributed by atoms with Gasteiger partial charge in [0.1, 0.15) is 0 Å². The Hall–Kier alpha value is -6.64. The van der Waals surface area contributed by atoms with E-state index in [4.69, 9.17) is 0 Å². The third kappa shape index (κ3) is 4.39. The molecule has 1 aliphatic carbocycles. The largest absolute Gasteiger partial charge is 0.309 e. The quantitative estimate of drug-likeness (QED) is 0.176. The summed E-state index contributed by atoms with van der Waals surface area (Å²) in [6.45, 7) is 4.71. The van der Waals surface area contributed by atoms with E-state index in [0.29, 0.717) is 0 Å².